The Kier molecular flexibility index (Phi) is 4.69. The van der Waals surface area contributed by atoms with Crippen LogP contribution in [-0.4, -0.2) is 16.7 Å². The number of hydrogen-bond donors (Lipinski definition) is 1. The van der Waals surface area contributed by atoms with E-state index in [1.807, 2.05) is 24.3 Å². The number of halogens is 1. The van der Waals surface area contributed by atoms with E-state index < -0.39 is 0 Å². The summed E-state index contributed by atoms with van der Waals surface area (Å²) in [5, 5.41) is 14.6. The van der Waals surface area contributed by atoms with Crippen LogP contribution in [0.2, 0.25) is 5.02 Å². The molecular formula is C13H16ClN3S. The van der Waals surface area contributed by atoms with Crippen molar-refractivity contribution >= 4 is 22.9 Å². The van der Waals surface area contributed by atoms with Crippen LogP contribution >= 0.6 is 22.9 Å². The van der Waals surface area contributed by atoms with Crippen LogP contribution in [0.4, 0.5) is 0 Å². The van der Waals surface area contributed by atoms with Gasteiger partial charge in [0.15, 0.2) is 0 Å². The zero-order valence-corrected chi connectivity index (χ0v) is 12.1. The van der Waals surface area contributed by atoms with Gasteiger partial charge in [0, 0.05) is 10.6 Å². The maximum Gasteiger partial charge on any atom is 0.147 e. The van der Waals surface area contributed by atoms with Crippen LogP contribution < -0.4 is 5.32 Å². The first kappa shape index (κ1) is 13.5. The van der Waals surface area contributed by atoms with Crippen LogP contribution in [0.25, 0.3) is 10.6 Å². The number of aromatic nitrogens is 2. The Morgan fingerprint density at radius 2 is 2.00 bits per heavy atom. The van der Waals surface area contributed by atoms with Gasteiger partial charge in [0.25, 0.3) is 0 Å². The summed E-state index contributed by atoms with van der Waals surface area (Å²) < 4.78 is 0. The fraction of sp³-hybridized carbons (Fsp3) is 0.385. The standard InChI is InChI=1S/C13H16ClN3S/c1-3-8-15-9(2)12-16-17-13(18-12)10-4-6-11(14)7-5-10/h4-7,9,15H,3,8H2,1-2H3. The minimum atomic E-state index is 0.253. The highest BCUT2D eigenvalue weighted by Gasteiger charge is 2.12. The molecule has 1 aromatic carbocycles. The average molecular weight is 282 g/mol. The van der Waals surface area contributed by atoms with Crippen molar-refractivity contribution in [3.63, 3.8) is 0 Å². The lowest BCUT2D eigenvalue weighted by Gasteiger charge is -2.08. The first-order valence-electron chi connectivity index (χ1n) is 6.03. The highest BCUT2D eigenvalue weighted by molar-refractivity contribution is 7.14. The van der Waals surface area contributed by atoms with Gasteiger partial charge in [-0.05, 0) is 32.0 Å². The van der Waals surface area contributed by atoms with E-state index in [1.165, 1.54) is 0 Å². The molecule has 3 nitrogen and oxygen atoms in total. The molecule has 0 fully saturated rings. The van der Waals surface area contributed by atoms with Crippen LogP contribution in [-0.2, 0) is 0 Å². The van der Waals surface area contributed by atoms with E-state index in [9.17, 15) is 0 Å². The molecule has 0 amide bonds. The second kappa shape index (κ2) is 6.27. The summed E-state index contributed by atoms with van der Waals surface area (Å²) in [6, 6.07) is 7.93. The summed E-state index contributed by atoms with van der Waals surface area (Å²) in [7, 11) is 0. The molecule has 1 N–H and O–H groups in total. The van der Waals surface area contributed by atoms with Crippen LogP contribution in [0.3, 0.4) is 0 Å². The monoisotopic (exact) mass is 281 g/mol. The highest BCUT2D eigenvalue weighted by Crippen LogP contribution is 2.27. The lowest BCUT2D eigenvalue weighted by molar-refractivity contribution is 0.564. The Bertz CT molecular complexity index is 495. The Labute approximate surface area is 116 Å². The minimum absolute atomic E-state index is 0.253. The first-order chi connectivity index (χ1) is 8.70. The fourth-order valence-electron chi connectivity index (χ4n) is 1.57. The van der Waals surface area contributed by atoms with Crippen molar-refractivity contribution < 1.29 is 0 Å². The molecular weight excluding hydrogens is 266 g/mol. The Morgan fingerprint density at radius 1 is 1.28 bits per heavy atom. The molecule has 0 saturated carbocycles. The van der Waals surface area contributed by atoms with Crippen LogP contribution in [0.15, 0.2) is 24.3 Å². The van der Waals surface area contributed by atoms with Crippen molar-refractivity contribution in [3.05, 3.63) is 34.3 Å². The van der Waals surface area contributed by atoms with Gasteiger partial charge in [-0.2, -0.15) is 0 Å². The summed E-state index contributed by atoms with van der Waals surface area (Å²) in [5.41, 5.74) is 1.06. The minimum Gasteiger partial charge on any atom is -0.308 e. The molecule has 1 aromatic heterocycles. The molecule has 0 aliphatic rings. The Balaban J connectivity index is 2.12. The third kappa shape index (κ3) is 3.28. The van der Waals surface area contributed by atoms with Crippen LogP contribution in [0, 0.1) is 0 Å². The van der Waals surface area contributed by atoms with Gasteiger partial charge < -0.3 is 5.32 Å². The first-order valence-corrected chi connectivity index (χ1v) is 7.23. The van der Waals surface area contributed by atoms with Crippen molar-refractivity contribution in [2.45, 2.75) is 26.3 Å². The summed E-state index contributed by atoms with van der Waals surface area (Å²) in [6.07, 6.45) is 1.12. The predicted molar refractivity (Wildman–Crippen MR) is 77.1 cm³/mol. The zero-order valence-electron chi connectivity index (χ0n) is 10.5. The largest absolute Gasteiger partial charge is 0.308 e. The van der Waals surface area contributed by atoms with Crippen molar-refractivity contribution in [3.8, 4) is 10.6 Å². The lowest BCUT2D eigenvalue weighted by Crippen LogP contribution is -2.18. The average Bonchev–Trinajstić information content (AvgIpc) is 2.86. The van der Waals surface area contributed by atoms with E-state index in [4.69, 9.17) is 11.6 Å². The van der Waals surface area contributed by atoms with Crippen molar-refractivity contribution in [2.24, 2.45) is 0 Å². The highest BCUT2D eigenvalue weighted by atomic mass is 35.5. The molecule has 18 heavy (non-hydrogen) atoms. The topological polar surface area (TPSA) is 37.8 Å². The van der Waals surface area contributed by atoms with Crippen LogP contribution in [0.1, 0.15) is 31.3 Å². The van der Waals surface area contributed by atoms with Gasteiger partial charge in [0.2, 0.25) is 0 Å². The second-order valence-electron chi connectivity index (χ2n) is 4.13. The molecule has 0 saturated heterocycles. The van der Waals surface area contributed by atoms with Crippen molar-refractivity contribution in [2.75, 3.05) is 6.54 Å². The molecule has 0 aliphatic heterocycles. The number of rotatable bonds is 5. The predicted octanol–water partition coefficient (Wildman–Crippen LogP) is 3.92. The molecule has 1 heterocycles. The fourth-order valence-corrected chi connectivity index (χ4v) is 2.57. The Morgan fingerprint density at radius 3 is 2.67 bits per heavy atom. The van der Waals surface area contributed by atoms with E-state index in [1.54, 1.807) is 11.3 Å². The van der Waals surface area contributed by atoms with E-state index in [2.05, 4.69) is 29.4 Å². The molecule has 5 heteroatoms. The number of nitrogens with zero attached hydrogens (tertiary/aromatic N) is 2. The van der Waals surface area contributed by atoms with Gasteiger partial charge >= 0.3 is 0 Å². The maximum absolute atomic E-state index is 5.87. The van der Waals surface area contributed by atoms with Gasteiger partial charge in [-0.25, -0.2) is 0 Å². The van der Waals surface area contributed by atoms with E-state index in [0.717, 1.165) is 33.6 Å². The third-order valence-electron chi connectivity index (χ3n) is 2.60. The molecule has 1 unspecified atom stereocenters. The quantitative estimate of drug-likeness (QED) is 0.903. The van der Waals surface area contributed by atoms with Gasteiger partial charge in [-0.1, -0.05) is 42.0 Å². The van der Waals surface area contributed by atoms with Crippen molar-refractivity contribution in [1.82, 2.24) is 15.5 Å². The van der Waals surface area contributed by atoms with Gasteiger partial charge in [-0.3, -0.25) is 0 Å². The molecule has 0 radical (unpaired) electrons. The van der Waals surface area contributed by atoms with Gasteiger partial charge in [-0.15, -0.1) is 10.2 Å². The lowest BCUT2D eigenvalue weighted by atomic mass is 10.2. The molecule has 2 aromatic rings. The third-order valence-corrected chi connectivity index (χ3v) is 4.01. The normalized spacial score (nSPS) is 12.6. The summed E-state index contributed by atoms with van der Waals surface area (Å²) in [4.78, 5) is 0. The number of benzene rings is 1. The molecule has 96 valence electrons. The molecule has 2 rings (SSSR count). The van der Waals surface area contributed by atoms with Gasteiger partial charge in [0.1, 0.15) is 10.0 Å². The van der Waals surface area contributed by atoms with E-state index in [0.29, 0.717) is 0 Å². The second-order valence-corrected chi connectivity index (χ2v) is 5.57. The Hall–Kier alpha value is -0.970. The van der Waals surface area contributed by atoms with Gasteiger partial charge in [0.05, 0.1) is 6.04 Å². The molecule has 1 atom stereocenters. The van der Waals surface area contributed by atoms with E-state index >= 15 is 0 Å². The summed E-state index contributed by atoms with van der Waals surface area (Å²) in [6.45, 7) is 5.26. The SMILES string of the molecule is CCCNC(C)c1nnc(-c2ccc(Cl)cc2)s1. The summed E-state index contributed by atoms with van der Waals surface area (Å²) in [5.74, 6) is 0. The zero-order chi connectivity index (χ0) is 13.0. The van der Waals surface area contributed by atoms with Crippen LogP contribution in [0.5, 0.6) is 0 Å². The van der Waals surface area contributed by atoms with Crippen molar-refractivity contribution in [1.29, 1.82) is 0 Å². The molecule has 0 aliphatic carbocycles. The van der Waals surface area contributed by atoms with E-state index in [-0.39, 0.29) is 6.04 Å². The molecule has 0 spiro atoms. The number of nitrogens with one attached hydrogen (secondary N) is 1. The molecule has 0 bridgehead atoms. The maximum atomic E-state index is 5.87. The smallest absolute Gasteiger partial charge is 0.147 e. The number of hydrogen-bond acceptors (Lipinski definition) is 4. The summed E-state index contributed by atoms with van der Waals surface area (Å²) >= 11 is 7.49.